The molecule has 0 unspecified atom stereocenters. The molecule has 0 aromatic carbocycles. The summed E-state index contributed by atoms with van der Waals surface area (Å²) in [6.45, 7) is 13.2. The van der Waals surface area contributed by atoms with Crippen LogP contribution >= 0.6 is 0 Å². The highest BCUT2D eigenvalue weighted by molar-refractivity contribution is 5.86. The fourth-order valence-electron chi connectivity index (χ4n) is 0.765. The number of hydrogen-bond donors (Lipinski definition) is 2. The van der Waals surface area contributed by atoms with Crippen LogP contribution in [0.5, 0.6) is 0 Å². The normalized spacial score (nSPS) is 8.30. The van der Waals surface area contributed by atoms with E-state index in [9.17, 15) is 4.79 Å². The molecule has 3 N–H and O–H groups in total. The van der Waals surface area contributed by atoms with Gasteiger partial charge in [0.15, 0.2) is 0 Å². The lowest BCUT2D eigenvalue weighted by atomic mass is 10.4. The summed E-state index contributed by atoms with van der Waals surface area (Å²) in [5, 5.41) is 7.76. The molecule has 0 atom stereocenters. The van der Waals surface area contributed by atoms with Gasteiger partial charge in [0.05, 0.1) is 26.4 Å². The first kappa shape index (κ1) is 29.4. The van der Waals surface area contributed by atoms with Gasteiger partial charge in [-0.1, -0.05) is 20.1 Å². The van der Waals surface area contributed by atoms with Crippen LogP contribution in [0.4, 0.5) is 0 Å². The van der Waals surface area contributed by atoms with E-state index >= 15 is 0 Å². The van der Waals surface area contributed by atoms with E-state index < -0.39 is 0 Å². The van der Waals surface area contributed by atoms with Gasteiger partial charge < -0.3 is 24.7 Å². The molecule has 0 bridgehead atoms. The van der Waals surface area contributed by atoms with Crippen LogP contribution in [0.2, 0.25) is 0 Å². The van der Waals surface area contributed by atoms with E-state index in [1.165, 1.54) is 0 Å². The molecule has 0 amide bonds. The summed E-state index contributed by atoms with van der Waals surface area (Å²) in [6, 6.07) is 0. The Morgan fingerprint density at radius 1 is 1.17 bits per heavy atom. The van der Waals surface area contributed by atoms with E-state index in [1.54, 1.807) is 13.0 Å². The van der Waals surface area contributed by atoms with E-state index in [2.05, 4.69) is 18.0 Å². The number of nitrogens with two attached hydrogens (primary N) is 1. The zero-order valence-corrected chi connectivity index (χ0v) is 13.1. The summed E-state index contributed by atoms with van der Waals surface area (Å²) in [4.78, 5) is 22.5. The van der Waals surface area contributed by atoms with Crippen LogP contribution < -0.4 is 5.73 Å². The van der Waals surface area contributed by atoms with Crippen LogP contribution in [0.15, 0.2) is 24.8 Å². The van der Waals surface area contributed by atoms with Crippen molar-refractivity contribution < 1.29 is 35.4 Å². The summed E-state index contributed by atoms with van der Waals surface area (Å²) >= 11 is 0. The Bertz CT molecular complexity index is 279. The Balaban J connectivity index is -0.0000000886. The van der Waals surface area contributed by atoms with Gasteiger partial charge in [-0.15, -0.1) is 6.58 Å². The lowest BCUT2D eigenvalue weighted by Crippen LogP contribution is -2.14. The second kappa shape index (κ2) is 28.6. The molecule has 8 heteroatoms. The molecule has 0 spiro atoms. The van der Waals surface area contributed by atoms with Crippen molar-refractivity contribution in [3.8, 4) is 0 Å². The van der Waals surface area contributed by atoms with Crippen LogP contribution in [-0.4, -0.2) is 64.2 Å². The fraction of sp³-hybridized carbons (Fsp3) is 0.600. The molecule has 23 heavy (non-hydrogen) atoms. The van der Waals surface area contributed by atoms with Gasteiger partial charge in [-0.2, -0.15) is 0 Å². The molecule has 0 aromatic rings. The molecule has 8 nitrogen and oxygen atoms in total. The van der Waals surface area contributed by atoms with Crippen molar-refractivity contribution in [2.75, 3.05) is 46.2 Å². The van der Waals surface area contributed by atoms with E-state index in [0.717, 1.165) is 0 Å². The predicted octanol–water partition coefficient (Wildman–Crippen LogP) is 1.46. The van der Waals surface area contributed by atoms with Gasteiger partial charge in [0.1, 0.15) is 20.0 Å². The first-order valence-corrected chi connectivity index (χ1v) is 6.44. The highest BCUT2D eigenvalue weighted by Gasteiger charge is 2.01. The molecular formula is C15H33NO7. The molecule has 0 aliphatic rings. The molecule has 0 aromatic heterocycles. The second-order valence-electron chi connectivity index (χ2n) is 3.51. The minimum absolute atomic E-state index is 0. The van der Waals surface area contributed by atoms with Crippen LogP contribution in [0.25, 0.3) is 0 Å². The Hall–Kier alpha value is -1.58. The van der Waals surface area contributed by atoms with Gasteiger partial charge in [-0.05, 0) is 6.92 Å². The average Bonchev–Trinajstić information content (AvgIpc) is 2.53. The maximum Gasteiger partial charge on any atom is 0.333 e. The van der Waals surface area contributed by atoms with Crippen molar-refractivity contribution in [2.45, 2.75) is 14.4 Å². The first-order valence-electron chi connectivity index (χ1n) is 6.44. The second-order valence-corrected chi connectivity index (χ2v) is 3.51. The lowest BCUT2D eigenvalue weighted by Gasteiger charge is -2.04. The largest absolute Gasteiger partial charge is 0.460 e. The van der Waals surface area contributed by atoms with Gasteiger partial charge in [0.25, 0.3) is 0 Å². The highest BCUT2D eigenvalue weighted by Crippen LogP contribution is 1.91. The molecule has 0 fully saturated rings. The summed E-state index contributed by atoms with van der Waals surface area (Å²) < 4.78 is 14.5. The van der Waals surface area contributed by atoms with Crippen LogP contribution in [0.3, 0.4) is 0 Å². The monoisotopic (exact) mass is 339 g/mol. The maximum atomic E-state index is 10.8. The van der Waals surface area contributed by atoms with Crippen LogP contribution in [0.1, 0.15) is 15.8 Å². The number of carbonyl (C=O) groups excluding carboxylic acids is 2. The quantitative estimate of drug-likeness (QED) is 0.145. The fourth-order valence-corrected chi connectivity index (χ4v) is 0.765. The lowest BCUT2D eigenvalue weighted by molar-refractivity contribution is -0.248. The Morgan fingerprint density at radius 2 is 1.74 bits per heavy atom. The molecule has 0 rings (SSSR count). The number of hydrogen-bond acceptors (Lipinski definition) is 8. The van der Waals surface area contributed by atoms with Crippen molar-refractivity contribution in [3.63, 3.8) is 0 Å². The van der Waals surface area contributed by atoms with Gasteiger partial charge in [-0.25, -0.2) is 9.68 Å². The van der Waals surface area contributed by atoms with E-state index in [1.807, 2.05) is 6.79 Å². The van der Waals surface area contributed by atoms with Gasteiger partial charge in [-0.3, -0.25) is 5.26 Å². The molecule has 0 heterocycles. The molecule has 0 radical (unpaired) electrons. The smallest absolute Gasteiger partial charge is 0.333 e. The van der Waals surface area contributed by atoms with Gasteiger partial charge in [0, 0.05) is 13.5 Å². The Labute approximate surface area is 140 Å². The average molecular weight is 339 g/mol. The zero-order chi connectivity index (χ0) is 17.6. The van der Waals surface area contributed by atoms with E-state index in [4.69, 9.17) is 30.0 Å². The first-order chi connectivity index (χ1) is 10.6. The molecule has 0 saturated heterocycles. The Kier molecular flexibility index (Phi) is 36.6. The third-order valence-electron chi connectivity index (χ3n) is 1.63. The minimum atomic E-state index is -0.383. The van der Waals surface area contributed by atoms with Crippen molar-refractivity contribution in [2.24, 2.45) is 5.73 Å². The molecule has 140 valence electrons. The summed E-state index contributed by atoms with van der Waals surface area (Å²) in [5.41, 5.74) is 5.57. The van der Waals surface area contributed by atoms with E-state index in [0.29, 0.717) is 38.5 Å². The Morgan fingerprint density at radius 3 is 2.17 bits per heavy atom. The molecule has 0 saturated carbocycles. The van der Waals surface area contributed by atoms with Crippen molar-refractivity contribution in [1.29, 1.82) is 0 Å². The number of carbonyl (C=O) groups is 2. The maximum absolute atomic E-state index is 10.8. The third-order valence-corrected chi connectivity index (χ3v) is 1.63. The zero-order valence-electron chi connectivity index (χ0n) is 13.1. The van der Waals surface area contributed by atoms with Crippen LogP contribution in [-0.2, 0) is 28.7 Å². The standard InChI is InChI=1S/C8H15NO3.C5H10O3.CH2O.CH4.H2/c1-7(2)8(10)12-6-5-11-4-3-9;1-2-3-7-4-5-8-6;1-2;;/h1,3-6,9H2,2H3;2,6H,1,3-5H2;1H2;1H4;1H. The summed E-state index contributed by atoms with van der Waals surface area (Å²) in [5.74, 6) is -0.383. The predicted molar refractivity (Wildman–Crippen MR) is 91.2 cm³/mol. The minimum Gasteiger partial charge on any atom is -0.460 e. The summed E-state index contributed by atoms with van der Waals surface area (Å²) in [6.07, 6.45) is 1.64. The SMILES string of the molecule is C.C=C(C)C(=O)OCCOCCN.C=CCOCCOO.C=O.[HH]. The van der Waals surface area contributed by atoms with Gasteiger partial charge in [0.2, 0.25) is 0 Å². The van der Waals surface area contributed by atoms with E-state index in [-0.39, 0.29) is 28.0 Å². The van der Waals surface area contributed by atoms with Crippen molar-refractivity contribution in [1.82, 2.24) is 0 Å². The van der Waals surface area contributed by atoms with Crippen LogP contribution in [0, 0.1) is 0 Å². The number of ether oxygens (including phenoxy) is 3. The molecule has 0 aliphatic carbocycles. The third kappa shape index (κ3) is 33.3. The number of rotatable bonds is 11. The van der Waals surface area contributed by atoms with Crippen molar-refractivity contribution >= 4 is 12.8 Å². The highest BCUT2D eigenvalue weighted by atomic mass is 17.1. The molecule has 0 aliphatic heterocycles. The molecular weight excluding hydrogens is 306 g/mol. The van der Waals surface area contributed by atoms with Crippen molar-refractivity contribution in [3.05, 3.63) is 24.8 Å². The topological polar surface area (TPSA) is 117 Å². The van der Waals surface area contributed by atoms with Gasteiger partial charge >= 0.3 is 5.97 Å². The summed E-state index contributed by atoms with van der Waals surface area (Å²) in [7, 11) is 0. The number of esters is 1.